The minimum atomic E-state index is -4.35. The van der Waals surface area contributed by atoms with Crippen LogP contribution >= 0.6 is 0 Å². The van der Waals surface area contributed by atoms with Crippen LogP contribution in [-0.4, -0.2) is 34.7 Å². The van der Waals surface area contributed by atoms with Gasteiger partial charge in [0, 0.05) is 0 Å². The number of hydrogen-bond acceptors (Lipinski definition) is 6. The van der Waals surface area contributed by atoms with E-state index in [1.807, 2.05) is 0 Å². The number of halogens is 2. The quantitative estimate of drug-likeness (QED) is 0.536. The molecule has 1 unspecified atom stereocenters. The summed E-state index contributed by atoms with van der Waals surface area (Å²) in [7, 11) is 0. The second-order valence-corrected chi connectivity index (χ2v) is 7.22. The van der Waals surface area contributed by atoms with Gasteiger partial charge in [0.1, 0.15) is 11.4 Å². The van der Waals surface area contributed by atoms with Crippen molar-refractivity contribution in [3.63, 3.8) is 0 Å². The summed E-state index contributed by atoms with van der Waals surface area (Å²) in [6.07, 6.45) is -3.29. The highest BCUT2D eigenvalue weighted by Gasteiger charge is 2.51. The minimum Gasteiger partial charge on any atom is -0.477 e. The van der Waals surface area contributed by atoms with Crippen LogP contribution in [0.2, 0.25) is 0 Å². The summed E-state index contributed by atoms with van der Waals surface area (Å²) in [6.45, 7) is 4.97. The Hall–Kier alpha value is -3.49. The molecule has 2 rings (SSSR count). The van der Waals surface area contributed by atoms with Crippen molar-refractivity contribution >= 4 is 18.1 Å². The molecule has 0 saturated carbocycles. The first-order chi connectivity index (χ1) is 13.9. The molecule has 0 aliphatic rings. The number of carbonyl (C=O) groups excluding carboxylic acids is 2. The molecule has 2 aromatic rings. The van der Waals surface area contributed by atoms with Gasteiger partial charge < -0.3 is 19.3 Å². The number of ether oxygens (including phenoxy) is 3. The molecular formula is C21H20F2O7. The lowest BCUT2D eigenvalue weighted by Crippen LogP contribution is -2.38. The van der Waals surface area contributed by atoms with Crippen LogP contribution in [-0.2, 0) is 14.3 Å². The molecule has 0 heterocycles. The molecule has 9 heteroatoms. The molecular weight excluding hydrogens is 402 g/mol. The van der Waals surface area contributed by atoms with Crippen LogP contribution in [0.5, 0.6) is 5.75 Å². The summed E-state index contributed by atoms with van der Waals surface area (Å²) in [5.41, 5.74) is -1.08. The third-order valence-corrected chi connectivity index (χ3v) is 3.62. The van der Waals surface area contributed by atoms with Crippen molar-refractivity contribution in [2.24, 2.45) is 0 Å². The van der Waals surface area contributed by atoms with E-state index in [2.05, 4.69) is 0 Å². The number of rotatable bonds is 6. The Kier molecular flexibility index (Phi) is 6.76. The van der Waals surface area contributed by atoms with E-state index in [1.54, 1.807) is 26.8 Å². The summed E-state index contributed by atoms with van der Waals surface area (Å²) in [5, 5.41) is 8.86. The van der Waals surface area contributed by atoms with Crippen molar-refractivity contribution in [1.29, 1.82) is 0 Å². The van der Waals surface area contributed by atoms with Crippen molar-refractivity contribution in [1.82, 2.24) is 0 Å². The number of carboxylic acids is 1. The first kappa shape index (κ1) is 22.8. The lowest BCUT2D eigenvalue weighted by molar-refractivity contribution is -0.183. The maximum atomic E-state index is 14.2. The van der Waals surface area contributed by atoms with Crippen LogP contribution in [0.1, 0.15) is 42.8 Å². The van der Waals surface area contributed by atoms with Gasteiger partial charge >= 0.3 is 24.0 Å². The second kappa shape index (κ2) is 8.89. The highest BCUT2D eigenvalue weighted by atomic mass is 19.3. The Balaban J connectivity index is 2.16. The van der Waals surface area contributed by atoms with E-state index in [1.165, 1.54) is 48.5 Å². The molecule has 1 atom stereocenters. The predicted molar refractivity (Wildman–Crippen MR) is 100 cm³/mol. The number of aliphatic carboxylic acids is 1. The molecule has 7 nitrogen and oxygen atoms in total. The summed E-state index contributed by atoms with van der Waals surface area (Å²) in [4.78, 5) is 35.0. The minimum absolute atomic E-state index is 0.0521. The summed E-state index contributed by atoms with van der Waals surface area (Å²) < 4.78 is 43.1. The van der Waals surface area contributed by atoms with Gasteiger partial charge in [0.25, 0.3) is 0 Å². The largest absolute Gasteiger partial charge is 0.514 e. The SMILES string of the molecule is CC(C)(C)OC(=O)Oc1ccc(C(=O)OC(c2ccccc2)C(F)(F)C(=O)O)cc1. The van der Waals surface area contributed by atoms with Crippen molar-refractivity contribution in [3.8, 4) is 5.75 Å². The van der Waals surface area contributed by atoms with Crippen molar-refractivity contribution in [3.05, 3.63) is 65.7 Å². The predicted octanol–water partition coefficient (Wildman–Crippen LogP) is 4.62. The fourth-order valence-corrected chi connectivity index (χ4v) is 2.29. The molecule has 160 valence electrons. The Morgan fingerprint density at radius 1 is 0.933 bits per heavy atom. The van der Waals surface area contributed by atoms with E-state index < -0.39 is 35.7 Å². The monoisotopic (exact) mass is 422 g/mol. The lowest BCUT2D eigenvalue weighted by atomic mass is 10.0. The van der Waals surface area contributed by atoms with Crippen LogP contribution < -0.4 is 4.74 Å². The average molecular weight is 422 g/mol. The molecule has 0 amide bonds. The van der Waals surface area contributed by atoms with E-state index >= 15 is 0 Å². The van der Waals surface area contributed by atoms with Crippen LogP contribution in [0.25, 0.3) is 0 Å². The number of hydrogen-bond donors (Lipinski definition) is 1. The van der Waals surface area contributed by atoms with Crippen molar-refractivity contribution < 1.29 is 42.5 Å². The standard InChI is InChI=1S/C21H20F2O7/c1-20(2,3)30-19(27)28-15-11-9-14(10-12-15)17(24)29-16(21(22,23)18(25)26)13-7-5-4-6-8-13/h4-12,16H,1-3H3,(H,25,26). The van der Waals surface area contributed by atoms with E-state index in [-0.39, 0.29) is 16.9 Å². The van der Waals surface area contributed by atoms with Crippen LogP contribution in [0.3, 0.4) is 0 Å². The Bertz CT molecular complexity index is 903. The molecule has 1 N–H and O–H groups in total. The number of benzene rings is 2. The Morgan fingerprint density at radius 2 is 1.50 bits per heavy atom. The average Bonchev–Trinajstić information content (AvgIpc) is 2.65. The number of esters is 1. The molecule has 0 aromatic heterocycles. The zero-order valence-electron chi connectivity index (χ0n) is 16.4. The number of alkyl halides is 2. The Labute approximate surface area is 171 Å². The van der Waals surface area contributed by atoms with Gasteiger partial charge in [-0.2, -0.15) is 8.78 Å². The van der Waals surface area contributed by atoms with Gasteiger partial charge in [0.15, 0.2) is 0 Å². The van der Waals surface area contributed by atoms with Gasteiger partial charge in [-0.3, -0.25) is 0 Å². The topological polar surface area (TPSA) is 99.1 Å². The van der Waals surface area contributed by atoms with Crippen LogP contribution in [0, 0.1) is 0 Å². The zero-order valence-corrected chi connectivity index (χ0v) is 16.4. The smallest absolute Gasteiger partial charge is 0.477 e. The molecule has 0 spiro atoms. The molecule has 0 fully saturated rings. The van der Waals surface area contributed by atoms with Crippen LogP contribution in [0.15, 0.2) is 54.6 Å². The molecule has 0 radical (unpaired) electrons. The Morgan fingerprint density at radius 3 is 2.00 bits per heavy atom. The van der Waals surface area contributed by atoms with Crippen LogP contribution in [0.4, 0.5) is 13.6 Å². The fourth-order valence-electron chi connectivity index (χ4n) is 2.29. The zero-order chi connectivity index (χ0) is 22.5. The van der Waals surface area contributed by atoms with E-state index in [0.29, 0.717) is 0 Å². The highest BCUT2D eigenvalue weighted by Crippen LogP contribution is 2.35. The van der Waals surface area contributed by atoms with E-state index in [4.69, 9.17) is 19.3 Å². The van der Waals surface area contributed by atoms with Crippen molar-refractivity contribution in [2.75, 3.05) is 0 Å². The first-order valence-electron chi connectivity index (χ1n) is 8.78. The maximum absolute atomic E-state index is 14.2. The molecule has 0 aliphatic carbocycles. The first-order valence-corrected chi connectivity index (χ1v) is 8.78. The van der Waals surface area contributed by atoms with E-state index in [9.17, 15) is 23.2 Å². The fraction of sp³-hybridized carbons (Fsp3) is 0.286. The number of carbonyl (C=O) groups is 3. The normalized spacial score (nSPS) is 12.6. The van der Waals surface area contributed by atoms with Crippen molar-refractivity contribution in [2.45, 2.75) is 38.4 Å². The highest BCUT2D eigenvalue weighted by molar-refractivity contribution is 5.90. The van der Waals surface area contributed by atoms with Gasteiger partial charge in [-0.15, -0.1) is 0 Å². The summed E-state index contributed by atoms with van der Waals surface area (Å²) in [5.74, 6) is -7.90. The molecule has 0 aliphatic heterocycles. The third-order valence-electron chi connectivity index (χ3n) is 3.62. The molecule has 30 heavy (non-hydrogen) atoms. The van der Waals surface area contributed by atoms with Gasteiger partial charge in [-0.1, -0.05) is 30.3 Å². The second-order valence-electron chi connectivity index (χ2n) is 7.22. The third kappa shape index (κ3) is 6.00. The van der Waals surface area contributed by atoms with Gasteiger partial charge in [0.2, 0.25) is 6.10 Å². The number of carboxylic acid groups (broad SMARTS) is 1. The maximum Gasteiger partial charge on any atom is 0.514 e. The summed E-state index contributed by atoms with van der Waals surface area (Å²) in [6, 6.07) is 11.7. The van der Waals surface area contributed by atoms with E-state index in [0.717, 1.165) is 0 Å². The lowest BCUT2D eigenvalue weighted by Gasteiger charge is -2.24. The summed E-state index contributed by atoms with van der Waals surface area (Å²) >= 11 is 0. The molecule has 2 aromatic carbocycles. The van der Waals surface area contributed by atoms with Gasteiger partial charge in [0.05, 0.1) is 5.56 Å². The van der Waals surface area contributed by atoms with Gasteiger partial charge in [-0.05, 0) is 50.6 Å². The molecule has 0 saturated heterocycles. The molecule has 0 bridgehead atoms. The van der Waals surface area contributed by atoms with Gasteiger partial charge in [-0.25, -0.2) is 14.4 Å².